The smallest absolute Gasteiger partial charge is 0.161 e. The summed E-state index contributed by atoms with van der Waals surface area (Å²) < 4.78 is 2.02. The summed E-state index contributed by atoms with van der Waals surface area (Å²) in [5.74, 6) is 0.993. The van der Waals surface area contributed by atoms with Crippen LogP contribution in [0.1, 0.15) is 11.4 Å². The SMILES string of the molecule is CN(C)CCc1nnc2cc(CN)ccn12. The van der Waals surface area contributed by atoms with E-state index in [0.29, 0.717) is 6.54 Å². The van der Waals surface area contributed by atoms with E-state index in [4.69, 9.17) is 5.73 Å². The summed E-state index contributed by atoms with van der Waals surface area (Å²) >= 11 is 0. The van der Waals surface area contributed by atoms with Gasteiger partial charge >= 0.3 is 0 Å². The maximum absolute atomic E-state index is 5.58. The molecule has 0 spiro atoms. The molecule has 0 fully saturated rings. The highest BCUT2D eigenvalue weighted by Gasteiger charge is 2.05. The van der Waals surface area contributed by atoms with Crippen LogP contribution in [0.3, 0.4) is 0 Å². The minimum Gasteiger partial charge on any atom is -0.326 e. The molecule has 0 aliphatic rings. The molecular formula is C11H17N5. The van der Waals surface area contributed by atoms with Crippen LogP contribution in [0.2, 0.25) is 0 Å². The average Bonchev–Trinajstić information content (AvgIpc) is 2.68. The molecule has 2 aromatic heterocycles. The number of hydrogen-bond donors (Lipinski definition) is 1. The molecule has 16 heavy (non-hydrogen) atoms. The van der Waals surface area contributed by atoms with E-state index in [-0.39, 0.29) is 0 Å². The van der Waals surface area contributed by atoms with Gasteiger partial charge in [0, 0.05) is 25.7 Å². The molecule has 5 nitrogen and oxygen atoms in total. The van der Waals surface area contributed by atoms with Crippen molar-refractivity contribution >= 4 is 5.65 Å². The molecule has 0 saturated heterocycles. The molecule has 0 aliphatic heterocycles. The zero-order valence-corrected chi connectivity index (χ0v) is 9.72. The van der Waals surface area contributed by atoms with Gasteiger partial charge in [0.1, 0.15) is 5.82 Å². The molecule has 86 valence electrons. The van der Waals surface area contributed by atoms with Crippen LogP contribution < -0.4 is 5.73 Å². The normalized spacial score (nSPS) is 11.5. The summed E-state index contributed by atoms with van der Waals surface area (Å²) in [5.41, 5.74) is 7.54. The van der Waals surface area contributed by atoms with Crippen LogP contribution in [0.15, 0.2) is 18.3 Å². The molecule has 0 aliphatic carbocycles. The summed E-state index contributed by atoms with van der Waals surface area (Å²) in [5, 5.41) is 8.33. The number of nitrogens with zero attached hydrogens (tertiary/aromatic N) is 4. The molecule has 5 heteroatoms. The zero-order valence-electron chi connectivity index (χ0n) is 9.72. The third-order valence-corrected chi connectivity index (χ3v) is 2.56. The van der Waals surface area contributed by atoms with E-state index < -0.39 is 0 Å². The fourth-order valence-electron chi connectivity index (χ4n) is 1.60. The van der Waals surface area contributed by atoms with Gasteiger partial charge in [0.25, 0.3) is 0 Å². The predicted octanol–water partition coefficient (Wildman–Crippen LogP) is 0.292. The first-order chi connectivity index (χ1) is 7.70. The molecule has 0 atom stereocenters. The Labute approximate surface area is 94.9 Å². The van der Waals surface area contributed by atoms with Gasteiger partial charge in [-0.15, -0.1) is 10.2 Å². The van der Waals surface area contributed by atoms with Crippen molar-refractivity contribution in [2.24, 2.45) is 5.73 Å². The lowest BCUT2D eigenvalue weighted by atomic mass is 10.2. The number of aromatic nitrogens is 3. The van der Waals surface area contributed by atoms with E-state index >= 15 is 0 Å². The largest absolute Gasteiger partial charge is 0.326 e. The number of rotatable bonds is 4. The second-order valence-electron chi connectivity index (χ2n) is 4.14. The van der Waals surface area contributed by atoms with Crippen LogP contribution in [0.25, 0.3) is 5.65 Å². The summed E-state index contributed by atoms with van der Waals surface area (Å²) in [7, 11) is 4.10. The first kappa shape index (κ1) is 11.0. The van der Waals surface area contributed by atoms with E-state index in [1.807, 2.05) is 22.7 Å². The predicted molar refractivity (Wildman–Crippen MR) is 63.1 cm³/mol. The van der Waals surface area contributed by atoms with Crippen LogP contribution in [0.5, 0.6) is 0 Å². The van der Waals surface area contributed by atoms with Crippen molar-refractivity contribution in [2.75, 3.05) is 20.6 Å². The van der Waals surface area contributed by atoms with E-state index in [1.165, 1.54) is 0 Å². The van der Waals surface area contributed by atoms with E-state index in [9.17, 15) is 0 Å². The standard InChI is InChI=1S/C11H17N5/c1-15(2)5-4-10-13-14-11-7-9(8-12)3-6-16(10)11/h3,6-7H,4-5,8,12H2,1-2H3. The monoisotopic (exact) mass is 219 g/mol. The van der Waals surface area contributed by atoms with Crippen LogP contribution in [-0.2, 0) is 13.0 Å². The van der Waals surface area contributed by atoms with Gasteiger partial charge in [-0.25, -0.2) is 0 Å². The Balaban J connectivity index is 2.27. The van der Waals surface area contributed by atoms with Crippen LogP contribution >= 0.6 is 0 Å². The summed E-state index contributed by atoms with van der Waals surface area (Å²) in [4.78, 5) is 2.13. The van der Waals surface area contributed by atoms with Crippen molar-refractivity contribution in [3.05, 3.63) is 29.7 Å². The Morgan fingerprint density at radius 2 is 2.19 bits per heavy atom. The second-order valence-corrected chi connectivity index (χ2v) is 4.14. The van der Waals surface area contributed by atoms with Gasteiger partial charge in [0.2, 0.25) is 0 Å². The fraction of sp³-hybridized carbons (Fsp3) is 0.455. The van der Waals surface area contributed by atoms with Crippen molar-refractivity contribution < 1.29 is 0 Å². The molecule has 0 radical (unpaired) electrons. The molecule has 0 amide bonds. The van der Waals surface area contributed by atoms with Crippen molar-refractivity contribution in [3.8, 4) is 0 Å². The highest BCUT2D eigenvalue weighted by atomic mass is 15.2. The summed E-state index contributed by atoms with van der Waals surface area (Å²) in [6, 6.07) is 3.99. The maximum atomic E-state index is 5.58. The minimum absolute atomic E-state index is 0.538. The highest BCUT2D eigenvalue weighted by molar-refractivity contribution is 5.41. The van der Waals surface area contributed by atoms with Crippen molar-refractivity contribution in [1.82, 2.24) is 19.5 Å². The topological polar surface area (TPSA) is 59.5 Å². The molecule has 2 heterocycles. The van der Waals surface area contributed by atoms with E-state index in [2.05, 4.69) is 29.2 Å². The lowest BCUT2D eigenvalue weighted by Crippen LogP contribution is -2.16. The highest BCUT2D eigenvalue weighted by Crippen LogP contribution is 2.07. The lowest BCUT2D eigenvalue weighted by molar-refractivity contribution is 0.409. The molecule has 0 saturated carbocycles. The fourth-order valence-corrected chi connectivity index (χ4v) is 1.60. The zero-order chi connectivity index (χ0) is 11.5. The van der Waals surface area contributed by atoms with Gasteiger partial charge in [-0.05, 0) is 31.8 Å². The van der Waals surface area contributed by atoms with Crippen molar-refractivity contribution in [1.29, 1.82) is 0 Å². The van der Waals surface area contributed by atoms with Gasteiger partial charge in [0.05, 0.1) is 0 Å². The molecule has 0 aromatic carbocycles. The van der Waals surface area contributed by atoms with E-state index in [0.717, 1.165) is 30.0 Å². The first-order valence-electron chi connectivity index (χ1n) is 5.38. The van der Waals surface area contributed by atoms with Gasteiger partial charge in [0.15, 0.2) is 5.65 Å². The van der Waals surface area contributed by atoms with Crippen LogP contribution in [-0.4, -0.2) is 40.1 Å². The number of fused-ring (bicyclic) bond motifs is 1. The van der Waals surface area contributed by atoms with Gasteiger partial charge < -0.3 is 10.6 Å². The van der Waals surface area contributed by atoms with Crippen LogP contribution in [0.4, 0.5) is 0 Å². The quantitative estimate of drug-likeness (QED) is 0.803. The molecule has 2 N–H and O–H groups in total. The Morgan fingerprint density at radius 3 is 2.88 bits per heavy atom. The van der Waals surface area contributed by atoms with Crippen molar-refractivity contribution in [2.45, 2.75) is 13.0 Å². The van der Waals surface area contributed by atoms with E-state index in [1.54, 1.807) is 0 Å². The number of nitrogens with two attached hydrogens (primary N) is 1. The molecule has 2 rings (SSSR count). The third-order valence-electron chi connectivity index (χ3n) is 2.56. The Kier molecular flexibility index (Phi) is 3.17. The maximum Gasteiger partial charge on any atom is 0.161 e. The summed E-state index contributed by atoms with van der Waals surface area (Å²) in [6.45, 7) is 1.51. The first-order valence-corrected chi connectivity index (χ1v) is 5.38. The molecular weight excluding hydrogens is 202 g/mol. The Hall–Kier alpha value is -1.46. The number of hydrogen-bond acceptors (Lipinski definition) is 4. The number of pyridine rings is 1. The minimum atomic E-state index is 0.538. The second kappa shape index (κ2) is 4.59. The average molecular weight is 219 g/mol. The summed E-state index contributed by atoms with van der Waals surface area (Å²) in [6.07, 6.45) is 2.89. The van der Waals surface area contributed by atoms with Gasteiger partial charge in [-0.2, -0.15) is 0 Å². The Bertz CT molecular complexity index is 474. The molecule has 0 bridgehead atoms. The van der Waals surface area contributed by atoms with Crippen LogP contribution in [0, 0.1) is 0 Å². The third kappa shape index (κ3) is 2.20. The number of likely N-dealkylation sites (N-methyl/N-ethyl adjacent to an activating group) is 1. The lowest BCUT2D eigenvalue weighted by Gasteiger charge is -2.07. The van der Waals surface area contributed by atoms with Gasteiger partial charge in [-0.3, -0.25) is 4.40 Å². The molecule has 2 aromatic rings. The van der Waals surface area contributed by atoms with Crippen molar-refractivity contribution in [3.63, 3.8) is 0 Å². The van der Waals surface area contributed by atoms with Gasteiger partial charge in [-0.1, -0.05) is 0 Å². The Morgan fingerprint density at radius 1 is 1.38 bits per heavy atom. The molecule has 0 unspecified atom stereocenters.